The lowest BCUT2D eigenvalue weighted by Crippen LogP contribution is -2.03. The first-order chi connectivity index (χ1) is 9.70. The fourth-order valence-corrected chi connectivity index (χ4v) is 3.63. The monoisotopic (exact) mass is 286 g/mol. The Morgan fingerprint density at radius 2 is 2.10 bits per heavy atom. The van der Waals surface area contributed by atoms with Gasteiger partial charge in [-0.05, 0) is 29.5 Å². The first-order valence-corrected chi connectivity index (χ1v) is 7.73. The van der Waals surface area contributed by atoms with Crippen molar-refractivity contribution in [3.8, 4) is 0 Å². The van der Waals surface area contributed by atoms with E-state index in [9.17, 15) is 5.11 Å². The topological polar surface area (TPSA) is 38.1 Å². The smallest absolute Gasteiger partial charge is 0.0940 e. The second-order valence-electron chi connectivity index (χ2n) is 4.97. The van der Waals surface area contributed by atoms with Crippen LogP contribution < -0.4 is 0 Å². The molecule has 0 aliphatic carbocycles. The molecular weight excluding hydrogens is 268 g/mol. The van der Waals surface area contributed by atoms with E-state index in [1.54, 1.807) is 11.3 Å². The molecule has 1 unspecified atom stereocenters. The molecular formula is C16H18N2OS. The normalized spacial score (nSPS) is 12.9. The van der Waals surface area contributed by atoms with Gasteiger partial charge >= 0.3 is 0 Å². The first kappa shape index (κ1) is 13.3. The molecule has 0 radical (unpaired) electrons. The second-order valence-corrected chi connectivity index (χ2v) is 5.92. The van der Waals surface area contributed by atoms with Crippen molar-refractivity contribution in [2.24, 2.45) is 7.05 Å². The Morgan fingerprint density at radius 1 is 1.30 bits per heavy atom. The number of aryl methyl sites for hydroxylation is 2. The molecule has 104 valence electrons. The van der Waals surface area contributed by atoms with Crippen molar-refractivity contribution in [3.05, 3.63) is 51.8 Å². The van der Waals surface area contributed by atoms with Gasteiger partial charge in [0, 0.05) is 23.7 Å². The fourth-order valence-electron chi connectivity index (χ4n) is 2.65. The highest BCUT2D eigenvalue weighted by molar-refractivity contribution is 7.10. The van der Waals surface area contributed by atoms with E-state index in [0.29, 0.717) is 6.42 Å². The van der Waals surface area contributed by atoms with E-state index >= 15 is 0 Å². The van der Waals surface area contributed by atoms with Crippen molar-refractivity contribution >= 4 is 22.2 Å². The molecule has 0 aliphatic rings. The maximum absolute atomic E-state index is 10.5. The van der Waals surface area contributed by atoms with Gasteiger partial charge in [0.15, 0.2) is 0 Å². The SMILES string of the molecule is CCc1ccsc1C(O)Cc1nn(C)c2ccccc12. The van der Waals surface area contributed by atoms with Gasteiger partial charge in [0.25, 0.3) is 0 Å². The van der Waals surface area contributed by atoms with Crippen molar-refractivity contribution < 1.29 is 5.11 Å². The summed E-state index contributed by atoms with van der Waals surface area (Å²) < 4.78 is 1.88. The first-order valence-electron chi connectivity index (χ1n) is 6.85. The van der Waals surface area contributed by atoms with Gasteiger partial charge in [0.05, 0.1) is 17.3 Å². The average molecular weight is 286 g/mol. The quantitative estimate of drug-likeness (QED) is 0.797. The molecule has 1 N–H and O–H groups in total. The number of thiophene rings is 1. The summed E-state index contributed by atoms with van der Waals surface area (Å²) >= 11 is 1.63. The Balaban J connectivity index is 1.93. The number of nitrogens with zero attached hydrogens (tertiary/aromatic N) is 2. The van der Waals surface area contributed by atoms with Crippen molar-refractivity contribution in [1.29, 1.82) is 0 Å². The summed E-state index contributed by atoms with van der Waals surface area (Å²) in [5, 5.41) is 18.2. The largest absolute Gasteiger partial charge is 0.387 e. The third kappa shape index (κ3) is 2.25. The third-order valence-electron chi connectivity index (χ3n) is 3.69. The van der Waals surface area contributed by atoms with Crippen LogP contribution in [0, 0.1) is 0 Å². The molecule has 0 amide bonds. The third-order valence-corrected chi connectivity index (χ3v) is 4.75. The Kier molecular flexibility index (Phi) is 3.59. The molecule has 3 rings (SSSR count). The van der Waals surface area contributed by atoms with Crippen LogP contribution in [0.1, 0.15) is 29.2 Å². The lowest BCUT2D eigenvalue weighted by atomic mass is 10.1. The van der Waals surface area contributed by atoms with Gasteiger partial charge in [-0.1, -0.05) is 25.1 Å². The highest BCUT2D eigenvalue weighted by Crippen LogP contribution is 2.29. The molecule has 2 heterocycles. The summed E-state index contributed by atoms with van der Waals surface area (Å²) in [6.45, 7) is 2.12. The van der Waals surface area contributed by atoms with Crippen LogP contribution in [0.4, 0.5) is 0 Å². The summed E-state index contributed by atoms with van der Waals surface area (Å²) in [4.78, 5) is 1.07. The number of para-hydroxylation sites is 1. The summed E-state index contributed by atoms with van der Waals surface area (Å²) in [6, 6.07) is 10.3. The van der Waals surface area contributed by atoms with Gasteiger partial charge < -0.3 is 5.11 Å². The number of aliphatic hydroxyl groups is 1. The minimum atomic E-state index is -0.469. The Hall–Kier alpha value is -1.65. The summed E-state index contributed by atoms with van der Waals surface area (Å²) in [5.41, 5.74) is 3.31. The van der Waals surface area contributed by atoms with Gasteiger partial charge in [-0.2, -0.15) is 5.10 Å². The predicted molar refractivity (Wildman–Crippen MR) is 83.1 cm³/mol. The number of aliphatic hydroxyl groups excluding tert-OH is 1. The van der Waals surface area contributed by atoms with Crippen molar-refractivity contribution in [2.75, 3.05) is 0 Å². The molecule has 20 heavy (non-hydrogen) atoms. The average Bonchev–Trinajstić information content (AvgIpc) is 3.05. The van der Waals surface area contributed by atoms with Crippen LogP contribution in [-0.2, 0) is 19.9 Å². The van der Waals surface area contributed by atoms with Crippen LogP contribution in [0.25, 0.3) is 10.9 Å². The minimum Gasteiger partial charge on any atom is -0.387 e. The number of aromatic nitrogens is 2. The van der Waals surface area contributed by atoms with Crippen LogP contribution in [0.5, 0.6) is 0 Å². The molecule has 0 saturated heterocycles. The maximum Gasteiger partial charge on any atom is 0.0940 e. The van der Waals surface area contributed by atoms with E-state index in [1.165, 1.54) is 5.56 Å². The zero-order valence-electron chi connectivity index (χ0n) is 11.7. The van der Waals surface area contributed by atoms with Gasteiger partial charge in [-0.25, -0.2) is 0 Å². The van der Waals surface area contributed by atoms with Crippen LogP contribution in [0.3, 0.4) is 0 Å². The second kappa shape index (κ2) is 5.38. The molecule has 3 aromatic rings. The highest BCUT2D eigenvalue weighted by atomic mass is 32.1. The molecule has 3 nitrogen and oxygen atoms in total. The van der Waals surface area contributed by atoms with Crippen LogP contribution in [-0.4, -0.2) is 14.9 Å². The van der Waals surface area contributed by atoms with Crippen molar-refractivity contribution in [1.82, 2.24) is 9.78 Å². The fraction of sp³-hybridized carbons (Fsp3) is 0.312. The zero-order chi connectivity index (χ0) is 14.1. The number of hydrogen-bond donors (Lipinski definition) is 1. The predicted octanol–water partition coefficient (Wildman–Crippen LogP) is 3.47. The van der Waals surface area contributed by atoms with E-state index in [4.69, 9.17) is 0 Å². The number of hydrogen-bond acceptors (Lipinski definition) is 3. The summed E-state index contributed by atoms with van der Waals surface area (Å²) in [7, 11) is 1.95. The standard InChI is InChI=1S/C16H18N2OS/c1-3-11-8-9-20-16(11)15(19)10-13-12-6-4-5-7-14(12)18(2)17-13/h4-9,15,19H,3,10H2,1-2H3. The van der Waals surface area contributed by atoms with Crippen LogP contribution >= 0.6 is 11.3 Å². The number of fused-ring (bicyclic) bond motifs is 1. The lowest BCUT2D eigenvalue weighted by molar-refractivity contribution is 0.180. The highest BCUT2D eigenvalue weighted by Gasteiger charge is 2.17. The van der Waals surface area contributed by atoms with Gasteiger partial charge in [-0.3, -0.25) is 4.68 Å². The molecule has 0 fully saturated rings. The number of benzene rings is 1. The molecule has 4 heteroatoms. The number of rotatable bonds is 4. The Morgan fingerprint density at radius 3 is 2.90 bits per heavy atom. The van der Waals surface area contributed by atoms with Crippen LogP contribution in [0.15, 0.2) is 35.7 Å². The molecule has 0 aliphatic heterocycles. The van der Waals surface area contributed by atoms with Crippen LogP contribution in [0.2, 0.25) is 0 Å². The molecule has 0 spiro atoms. The molecule has 1 atom stereocenters. The Bertz CT molecular complexity index is 729. The van der Waals surface area contributed by atoms with Gasteiger partial charge in [0.1, 0.15) is 0 Å². The molecule has 0 saturated carbocycles. The van der Waals surface area contributed by atoms with E-state index in [1.807, 2.05) is 29.2 Å². The molecule has 1 aromatic carbocycles. The maximum atomic E-state index is 10.5. The zero-order valence-corrected chi connectivity index (χ0v) is 12.5. The van der Waals surface area contributed by atoms with Gasteiger partial charge in [0.2, 0.25) is 0 Å². The lowest BCUT2D eigenvalue weighted by Gasteiger charge is -2.09. The van der Waals surface area contributed by atoms with Crippen molar-refractivity contribution in [3.63, 3.8) is 0 Å². The minimum absolute atomic E-state index is 0.469. The molecule has 2 aromatic heterocycles. The summed E-state index contributed by atoms with van der Waals surface area (Å²) in [5.74, 6) is 0. The Labute approximate surface area is 122 Å². The van der Waals surface area contributed by atoms with Gasteiger partial charge in [-0.15, -0.1) is 11.3 Å². The summed E-state index contributed by atoms with van der Waals surface area (Å²) in [6.07, 6.45) is 1.05. The van der Waals surface area contributed by atoms with E-state index < -0.39 is 6.10 Å². The van der Waals surface area contributed by atoms with Crippen molar-refractivity contribution in [2.45, 2.75) is 25.9 Å². The van der Waals surface area contributed by atoms with E-state index in [0.717, 1.165) is 27.9 Å². The van der Waals surface area contributed by atoms with E-state index in [-0.39, 0.29) is 0 Å². The molecule has 0 bridgehead atoms. The van der Waals surface area contributed by atoms with E-state index in [2.05, 4.69) is 30.2 Å².